The number of aryl methyl sites for hydroxylation is 2. The van der Waals surface area contributed by atoms with Crippen LogP contribution in [0.3, 0.4) is 0 Å². The van der Waals surface area contributed by atoms with Crippen LogP contribution in [0.2, 0.25) is 0 Å². The van der Waals surface area contributed by atoms with Crippen molar-refractivity contribution in [3.05, 3.63) is 62.0 Å². The normalized spacial score (nSPS) is 12.3. The monoisotopic (exact) mass is 386 g/mol. The Balaban J connectivity index is 2.55. The maximum absolute atomic E-state index is 13.2. The molecule has 0 aliphatic heterocycles. The molecule has 0 spiro atoms. The molecule has 0 aliphatic rings. The summed E-state index contributed by atoms with van der Waals surface area (Å²) in [5.74, 6) is 0.341. The van der Waals surface area contributed by atoms with E-state index in [0.29, 0.717) is 14.9 Å². The molecule has 20 heavy (non-hydrogen) atoms. The summed E-state index contributed by atoms with van der Waals surface area (Å²) in [6.07, 6.45) is -0.835. The molecule has 1 atom stereocenters. The summed E-state index contributed by atoms with van der Waals surface area (Å²) in [6, 6.07) is 8.27. The van der Waals surface area contributed by atoms with E-state index in [0.717, 1.165) is 16.7 Å². The minimum Gasteiger partial charge on any atom is -0.496 e. The Hall–Kier alpha value is -1.14. The molecular formula is C16H16FIO2. The fraction of sp³-hybridized carbons (Fsp3) is 0.250. The highest BCUT2D eigenvalue weighted by Gasteiger charge is 2.20. The zero-order valence-corrected chi connectivity index (χ0v) is 13.7. The number of aliphatic hydroxyl groups is 1. The molecule has 2 aromatic rings. The van der Waals surface area contributed by atoms with Gasteiger partial charge in [0.05, 0.1) is 7.11 Å². The van der Waals surface area contributed by atoms with E-state index in [1.807, 2.05) is 48.6 Å². The molecule has 2 aromatic carbocycles. The van der Waals surface area contributed by atoms with Crippen molar-refractivity contribution in [1.82, 2.24) is 0 Å². The predicted molar refractivity (Wildman–Crippen MR) is 85.6 cm³/mol. The largest absolute Gasteiger partial charge is 0.496 e. The Bertz CT molecular complexity index is 641. The topological polar surface area (TPSA) is 29.5 Å². The molecular weight excluding hydrogens is 370 g/mol. The minimum absolute atomic E-state index is 0.307. The van der Waals surface area contributed by atoms with Gasteiger partial charge in [-0.05, 0) is 71.3 Å². The van der Waals surface area contributed by atoms with E-state index in [1.54, 1.807) is 13.2 Å². The third kappa shape index (κ3) is 2.96. The zero-order chi connectivity index (χ0) is 14.9. The number of benzene rings is 2. The Morgan fingerprint density at radius 2 is 1.90 bits per heavy atom. The predicted octanol–water partition coefficient (Wildman–Crippen LogP) is 4.14. The third-order valence-electron chi connectivity index (χ3n) is 3.24. The summed E-state index contributed by atoms with van der Waals surface area (Å²) in [5, 5.41) is 10.6. The summed E-state index contributed by atoms with van der Waals surface area (Å²) in [5.41, 5.74) is 3.43. The second kappa shape index (κ2) is 6.10. The molecule has 0 aliphatic carbocycles. The highest BCUT2D eigenvalue weighted by atomic mass is 127. The number of methoxy groups -OCH3 is 1. The Morgan fingerprint density at radius 3 is 2.50 bits per heavy atom. The van der Waals surface area contributed by atoms with Crippen LogP contribution in [0.5, 0.6) is 5.75 Å². The van der Waals surface area contributed by atoms with Crippen LogP contribution >= 0.6 is 22.6 Å². The third-order valence-corrected chi connectivity index (χ3v) is 4.18. The van der Waals surface area contributed by atoms with Gasteiger partial charge >= 0.3 is 0 Å². The van der Waals surface area contributed by atoms with Gasteiger partial charge < -0.3 is 9.84 Å². The van der Waals surface area contributed by atoms with Crippen LogP contribution in [-0.4, -0.2) is 12.2 Å². The van der Waals surface area contributed by atoms with Gasteiger partial charge in [0.1, 0.15) is 17.7 Å². The summed E-state index contributed by atoms with van der Waals surface area (Å²) < 4.78 is 19.2. The molecule has 0 saturated heterocycles. The molecule has 4 heteroatoms. The standard InChI is InChI=1S/C16H16FIO2/c1-9-6-10(2)15(14(7-9)20-3)16(19)12-5-4-11(17)8-13(12)18/h4-8,16,19H,1-3H3. The Labute approximate surface area is 131 Å². The van der Waals surface area contributed by atoms with E-state index in [-0.39, 0.29) is 5.82 Å². The molecule has 106 valence electrons. The van der Waals surface area contributed by atoms with Crippen molar-refractivity contribution < 1.29 is 14.2 Å². The summed E-state index contributed by atoms with van der Waals surface area (Å²) in [7, 11) is 1.58. The molecule has 0 fully saturated rings. The maximum Gasteiger partial charge on any atom is 0.125 e. The first-order chi connectivity index (χ1) is 9.43. The maximum atomic E-state index is 13.2. The second-order valence-corrected chi connectivity index (χ2v) is 5.93. The van der Waals surface area contributed by atoms with Gasteiger partial charge in [-0.15, -0.1) is 0 Å². The first-order valence-corrected chi connectivity index (χ1v) is 7.30. The van der Waals surface area contributed by atoms with Crippen LogP contribution in [-0.2, 0) is 0 Å². The van der Waals surface area contributed by atoms with Crippen LogP contribution in [0, 0.1) is 23.2 Å². The van der Waals surface area contributed by atoms with Gasteiger partial charge in [-0.25, -0.2) is 4.39 Å². The van der Waals surface area contributed by atoms with Crippen molar-refractivity contribution in [2.75, 3.05) is 7.11 Å². The van der Waals surface area contributed by atoms with E-state index < -0.39 is 6.10 Å². The fourth-order valence-electron chi connectivity index (χ4n) is 2.34. The van der Waals surface area contributed by atoms with Crippen LogP contribution in [0.25, 0.3) is 0 Å². The molecule has 0 amide bonds. The van der Waals surface area contributed by atoms with E-state index >= 15 is 0 Å². The highest BCUT2D eigenvalue weighted by Crippen LogP contribution is 2.35. The molecule has 2 rings (SSSR count). The van der Waals surface area contributed by atoms with Gasteiger partial charge in [-0.2, -0.15) is 0 Å². The van der Waals surface area contributed by atoms with Crippen molar-refractivity contribution in [2.45, 2.75) is 20.0 Å². The van der Waals surface area contributed by atoms with Crippen LogP contribution in [0.15, 0.2) is 30.3 Å². The average Bonchev–Trinajstić information content (AvgIpc) is 2.37. The lowest BCUT2D eigenvalue weighted by molar-refractivity contribution is 0.213. The lowest BCUT2D eigenvalue weighted by atomic mass is 9.95. The van der Waals surface area contributed by atoms with Gasteiger partial charge in [0, 0.05) is 9.13 Å². The zero-order valence-electron chi connectivity index (χ0n) is 11.6. The fourth-order valence-corrected chi connectivity index (χ4v) is 3.11. The second-order valence-electron chi connectivity index (χ2n) is 4.77. The molecule has 0 radical (unpaired) electrons. The van der Waals surface area contributed by atoms with E-state index in [2.05, 4.69) is 0 Å². The lowest BCUT2D eigenvalue weighted by Crippen LogP contribution is -2.07. The van der Waals surface area contributed by atoms with Crippen LogP contribution in [0.1, 0.15) is 28.4 Å². The van der Waals surface area contributed by atoms with E-state index in [1.165, 1.54) is 12.1 Å². The number of aliphatic hydroxyl groups excluding tert-OH is 1. The number of ether oxygens (including phenoxy) is 1. The molecule has 0 saturated carbocycles. The lowest BCUT2D eigenvalue weighted by Gasteiger charge is -2.19. The highest BCUT2D eigenvalue weighted by molar-refractivity contribution is 14.1. The molecule has 1 N–H and O–H groups in total. The minimum atomic E-state index is -0.835. The quantitative estimate of drug-likeness (QED) is 0.804. The van der Waals surface area contributed by atoms with Crippen molar-refractivity contribution in [3.8, 4) is 5.75 Å². The summed E-state index contributed by atoms with van der Waals surface area (Å²) in [4.78, 5) is 0. The van der Waals surface area contributed by atoms with Gasteiger partial charge in [0.15, 0.2) is 0 Å². The number of halogens is 2. The molecule has 2 nitrogen and oxygen atoms in total. The van der Waals surface area contributed by atoms with Gasteiger partial charge in [0.25, 0.3) is 0 Å². The van der Waals surface area contributed by atoms with Crippen molar-refractivity contribution in [2.24, 2.45) is 0 Å². The SMILES string of the molecule is COc1cc(C)cc(C)c1C(O)c1ccc(F)cc1I. The van der Waals surface area contributed by atoms with E-state index in [4.69, 9.17) is 4.74 Å². The first kappa shape index (κ1) is 15.3. The van der Waals surface area contributed by atoms with Gasteiger partial charge in [-0.1, -0.05) is 12.1 Å². The molecule has 1 unspecified atom stereocenters. The summed E-state index contributed by atoms with van der Waals surface area (Å²) in [6.45, 7) is 3.91. The Morgan fingerprint density at radius 1 is 1.20 bits per heavy atom. The van der Waals surface area contributed by atoms with Crippen LogP contribution < -0.4 is 4.74 Å². The number of hydrogen-bond donors (Lipinski definition) is 1. The molecule has 0 aromatic heterocycles. The van der Waals surface area contributed by atoms with Crippen molar-refractivity contribution in [1.29, 1.82) is 0 Å². The average molecular weight is 386 g/mol. The number of hydrogen-bond acceptors (Lipinski definition) is 2. The number of rotatable bonds is 3. The molecule has 0 heterocycles. The van der Waals surface area contributed by atoms with Crippen LogP contribution in [0.4, 0.5) is 4.39 Å². The summed E-state index contributed by atoms with van der Waals surface area (Å²) >= 11 is 2.03. The molecule has 0 bridgehead atoms. The smallest absolute Gasteiger partial charge is 0.125 e. The Kier molecular flexibility index (Phi) is 4.65. The van der Waals surface area contributed by atoms with Crippen molar-refractivity contribution in [3.63, 3.8) is 0 Å². The van der Waals surface area contributed by atoms with E-state index in [9.17, 15) is 9.50 Å². The first-order valence-electron chi connectivity index (χ1n) is 6.22. The van der Waals surface area contributed by atoms with Gasteiger partial charge in [-0.3, -0.25) is 0 Å². The van der Waals surface area contributed by atoms with Crippen molar-refractivity contribution >= 4 is 22.6 Å². The van der Waals surface area contributed by atoms with Gasteiger partial charge in [0.2, 0.25) is 0 Å².